The van der Waals surface area contributed by atoms with Crippen LogP contribution in [-0.4, -0.2) is 35.1 Å². The molecule has 0 amide bonds. The van der Waals surface area contributed by atoms with Crippen molar-refractivity contribution in [2.24, 2.45) is 10.9 Å². The van der Waals surface area contributed by atoms with Crippen LogP contribution in [0.25, 0.3) is 0 Å². The number of hydrogen-bond donors (Lipinski definition) is 2. The number of rotatable bonds is 8. The lowest BCUT2D eigenvalue weighted by atomic mass is 10.0. The van der Waals surface area contributed by atoms with Crippen LogP contribution >= 0.6 is 24.0 Å². The lowest BCUT2D eigenvalue weighted by Gasteiger charge is -2.12. The molecular formula is C16H30IN5. The quantitative estimate of drug-likeness (QED) is 0.295. The number of nitrogens with one attached hydrogen (secondary N) is 2. The predicted octanol–water partition coefficient (Wildman–Crippen LogP) is 3.03. The Balaban J connectivity index is 0.00000242. The first-order valence-electron chi connectivity index (χ1n) is 8.36. The van der Waals surface area contributed by atoms with Crippen LogP contribution in [0.5, 0.6) is 0 Å². The van der Waals surface area contributed by atoms with Crippen LogP contribution in [0.3, 0.4) is 0 Å². The molecule has 0 aromatic carbocycles. The first-order valence-corrected chi connectivity index (χ1v) is 8.36. The summed E-state index contributed by atoms with van der Waals surface area (Å²) in [5.41, 5.74) is 0. The average Bonchev–Trinajstić information content (AvgIpc) is 3.17. The topological polar surface area (TPSA) is 54.2 Å². The van der Waals surface area contributed by atoms with E-state index in [1.54, 1.807) is 0 Å². The van der Waals surface area contributed by atoms with Gasteiger partial charge in [-0.25, -0.2) is 4.98 Å². The first kappa shape index (κ1) is 19.3. The number of imidazole rings is 1. The molecular weight excluding hydrogens is 389 g/mol. The summed E-state index contributed by atoms with van der Waals surface area (Å²) < 4.78 is 2.07. The number of nitrogens with zero attached hydrogens (tertiary/aromatic N) is 3. The molecule has 0 unspecified atom stereocenters. The van der Waals surface area contributed by atoms with Crippen LogP contribution in [0.4, 0.5) is 0 Å². The van der Waals surface area contributed by atoms with E-state index < -0.39 is 0 Å². The Morgan fingerprint density at radius 1 is 1.32 bits per heavy atom. The van der Waals surface area contributed by atoms with Crippen LogP contribution in [0, 0.1) is 5.92 Å². The van der Waals surface area contributed by atoms with E-state index in [1.165, 1.54) is 38.5 Å². The van der Waals surface area contributed by atoms with Crippen molar-refractivity contribution in [3.05, 3.63) is 18.7 Å². The highest BCUT2D eigenvalue weighted by atomic mass is 127. The van der Waals surface area contributed by atoms with Gasteiger partial charge in [0.1, 0.15) is 0 Å². The second-order valence-electron chi connectivity index (χ2n) is 5.78. The molecule has 0 radical (unpaired) electrons. The van der Waals surface area contributed by atoms with Gasteiger partial charge in [-0.1, -0.05) is 25.7 Å². The van der Waals surface area contributed by atoms with Crippen LogP contribution in [0.15, 0.2) is 23.7 Å². The third-order valence-electron chi connectivity index (χ3n) is 4.08. The van der Waals surface area contributed by atoms with Crippen molar-refractivity contribution in [1.82, 2.24) is 20.2 Å². The third-order valence-corrected chi connectivity index (χ3v) is 4.08. The minimum Gasteiger partial charge on any atom is -0.357 e. The maximum absolute atomic E-state index is 4.66. The maximum atomic E-state index is 4.66. The smallest absolute Gasteiger partial charge is 0.191 e. The van der Waals surface area contributed by atoms with Crippen LogP contribution < -0.4 is 10.6 Å². The molecule has 1 fully saturated rings. The van der Waals surface area contributed by atoms with Crippen molar-refractivity contribution in [1.29, 1.82) is 0 Å². The summed E-state index contributed by atoms with van der Waals surface area (Å²) in [4.78, 5) is 8.71. The normalized spacial score (nSPS) is 15.6. The summed E-state index contributed by atoms with van der Waals surface area (Å²) in [5.74, 6) is 1.90. The average molecular weight is 419 g/mol. The summed E-state index contributed by atoms with van der Waals surface area (Å²) in [6.07, 6.45) is 13.9. The van der Waals surface area contributed by atoms with Crippen molar-refractivity contribution < 1.29 is 0 Å². The fourth-order valence-electron chi connectivity index (χ4n) is 2.93. The van der Waals surface area contributed by atoms with Gasteiger partial charge in [0.25, 0.3) is 0 Å². The number of halogens is 1. The van der Waals surface area contributed by atoms with Gasteiger partial charge in [-0.05, 0) is 25.7 Å². The fourth-order valence-corrected chi connectivity index (χ4v) is 2.93. The molecule has 1 aromatic rings. The zero-order chi connectivity index (χ0) is 14.8. The Bertz CT molecular complexity index is 399. The highest BCUT2D eigenvalue weighted by Gasteiger charge is 2.13. The molecule has 1 saturated carbocycles. The van der Waals surface area contributed by atoms with E-state index >= 15 is 0 Å². The van der Waals surface area contributed by atoms with Gasteiger partial charge in [-0.2, -0.15) is 0 Å². The molecule has 22 heavy (non-hydrogen) atoms. The summed E-state index contributed by atoms with van der Waals surface area (Å²) in [6, 6.07) is 0. The van der Waals surface area contributed by atoms with Crippen molar-refractivity contribution >= 4 is 29.9 Å². The minimum absolute atomic E-state index is 0. The predicted molar refractivity (Wildman–Crippen MR) is 103 cm³/mol. The van der Waals surface area contributed by atoms with E-state index in [1.807, 2.05) is 18.7 Å². The Kier molecular flexibility index (Phi) is 10.3. The van der Waals surface area contributed by atoms with Gasteiger partial charge in [-0.15, -0.1) is 24.0 Å². The zero-order valence-electron chi connectivity index (χ0n) is 13.6. The third kappa shape index (κ3) is 7.47. The van der Waals surface area contributed by atoms with Gasteiger partial charge in [0, 0.05) is 38.6 Å². The van der Waals surface area contributed by atoms with Crippen LogP contribution in [0.1, 0.15) is 45.4 Å². The monoisotopic (exact) mass is 419 g/mol. The first-order chi connectivity index (χ1) is 10.4. The molecule has 1 aliphatic rings. The van der Waals surface area contributed by atoms with E-state index in [0.29, 0.717) is 0 Å². The molecule has 0 spiro atoms. The summed E-state index contributed by atoms with van der Waals surface area (Å²) in [6.45, 7) is 5.71. The molecule has 0 saturated heterocycles. The van der Waals surface area contributed by atoms with E-state index in [4.69, 9.17) is 0 Å². The number of aliphatic imine (C=N–C) groups is 1. The molecule has 1 aliphatic carbocycles. The van der Waals surface area contributed by atoms with Gasteiger partial charge in [-0.3, -0.25) is 4.99 Å². The van der Waals surface area contributed by atoms with Gasteiger partial charge in [0.05, 0.1) is 6.33 Å². The van der Waals surface area contributed by atoms with E-state index in [9.17, 15) is 0 Å². The highest BCUT2D eigenvalue weighted by molar-refractivity contribution is 14.0. The number of hydrogen-bond acceptors (Lipinski definition) is 2. The molecule has 0 atom stereocenters. The Hall–Kier alpha value is -0.790. The lowest BCUT2D eigenvalue weighted by molar-refractivity contribution is 0.487. The highest BCUT2D eigenvalue weighted by Crippen LogP contribution is 2.28. The molecule has 0 bridgehead atoms. The summed E-state index contributed by atoms with van der Waals surface area (Å²) in [5, 5.41) is 6.68. The molecule has 2 N–H and O–H groups in total. The van der Waals surface area contributed by atoms with Gasteiger partial charge < -0.3 is 15.2 Å². The Morgan fingerprint density at radius 3 is 2.82 bits per heavy atom. The molecule has 1 heterocycles. The lowest BCUT2D eigenvalue weighted by Crippen LogP contribution is -2.38. The molecule has 2 rings (SSSR count). The molecule has 0 aliphatic heterocycles. The fraction of sp³-hybridized carbons (Fsp3) is 0.750. The van der Waals surface area contributed by atoms with Crippen LogP contribution in [0.2, 0.25) is 0 Å². The van der Waals surface area contributed by atoms with Gasteiger partial charge >= 0.3 is 0 Å². The van der Waals surface area contributed by atoms with Crippen molar-refractivity contribution in [2.45, 2.75) is 52.0 Å². The van der Waals surface area contributed by atoms with E-state index in [-0.39, 0.29) is 24.0 Å². The zero-order valence-corrected chi connectivity index (χ0v) is 16.0. The van der Waals surface area contributed by atoms with Gasteiger partial charge in [0.2, 0.25) is 0 Å². The minimum atomic E-state index is 0. The van der Waals surface area contributed by atoms with Crippen molar-refractivity contribution in [3.63, 3.8) is 0 Å². The second-order valence-corrected chi connectivity index (χ2v) is 5.78. The van der Waals surface area contributed by atoms with E-state index in [2.05, 4.69) is 32.1 Å². The standard InChI is InChI=1S/C16H29N5.HI/c1-2-18-16(20-11-13-21-12-10-17-14-21)19-9-5-8-15-6-3-4-7-15;/h10,12,14-15H,2-9,11,13H2,1H3,(H2,18,19,20);1H. The van der Waals surface area contributed by atoms with E-state index in [0.717, 1.165) is 38.1 Å². The molecule has 126 valence electrons. The van der Waals surface area contributed by atoms with Gasteiger partial charge in [0.15, 0.2) is 5.96 Å². The largest absolute Gasteiger partial charge is 0.357 e. The van der Waals surface area contributed by atoms with Crippen LogP contribution in [-0.2, 0) is 6.54 Å². The molecule has 1 aromatic heterocycles. The maximum Gasteiger partial charge on any atom is 0.191 e. The summed E-state index contributed by atoms with van der Waals surface area (Å²) >= 11 is 0. The number of aromatic nitrogens is 2. The second kappa shape index (κ2) is 11.7. The summed E-state index contributed by atoms with van der Waals surface area (Å²) in [7, 11) is 0. The molecule has 6 heteroatoms. The Labute approximate surface area is 151 Å². The molecule has 5 nitrogen and oxygen atoms in total. The Morgan fingerprint density at radius 2 is 2.14 bits per heavy atom. The SMILES string of the molecule is CCNC(=NCCCC1CCCC1)NCCn1ccnc1.I. The number of guanidine groups is 1. The van der Waals surface area contributed by atoms with Crippen molar-refractivity contribution in [3.8, 4) is 0 Å². The van der Waals surface area contributed by atoms with Crippen molar-refractivity contribution in [2.75, 3.05) is 19.6 Å².